The Morgan fingerprint density at radius 3 is 2.71 bits per heavy atom. The molecule has 1 aliphatic rings. The second kappa shape index (κ2) is 9.17. The van der Waals surface area contributed by atoms with E-state index in [1.165, 1.54) is 18.2 Å². The van der Waals surface area contributed by atoms with Gasteiger partial charge in [0.25, 0.3) is 5.91 Å². The number of hydrogen-bond donors (Lipinski definition) is 2. The van der Waals surface area contributed by atoms with E-state index in [1.807, 2.05) is 0 Å². The van der Waals surface area contributed by atoms with Crippen molar-refractivity contribution >= 4 is 28.3 Å². The number of hydrogen-bond acceptors (Lipinski definition) is 4. The Morgan fingerprint density at radius 2 is 2.08 bits per heavy atom. The molecule has 1 saturated heterocycles. The van der Waals surface area contributed by atoms with Crippen molar-refractivity contribution in [2.75, 3.05) is 26.7 Å². The van der Waals surface area contributed by atoms with E-state index in [0.29, 0.717) is 5.56 Å². The van der Waals surface area contributed by atoms with Gasteiger partial charge in [-0.25, -0.2) is 13.1 Å². The van der Waals surface area contributed by atoms with Gasteiger partial charge in [-0.05, 0) is 44.1 Å². The number of nitrogens with zero attached hydrogens (tertiary/aromatic N) is 1. The van der Waals surface area contributed by atoms with Crippen LogP contribution in [0.4, 0.5) is 0 Å². The van der Waals surface area contributed by atoms with Crippen LogP contribution in [-0.2, 0) is 10.0 Å². The lowest BCUT2D eigenvalue weighted by molar-refractivity contribution is 0.0703. The van der Waals surface area contributed by atoms with Gasteiger partial charge in [-0.2, -0.15) is 0 Å². The van der Waals surface area contributed by atoms with Crippen molar-refractivity contribution in [3.8, 4) is 0 Å². The molecule has 134 valence electrons. The van der Waals surface area contributed by atoms with Crippen LogP contribution in [0.5, 0.6) is 0 Å². The zero-order valence-corrected chi connectivity index (χ0v) is 15.3. The van der Waals surface area contributed by atoms with Gasteiger partial charge in [-0.1, -0.05) is 12.1 Å². The second-order valence-corrected chi connectivity index (χ2v) is 7.33. The molecule has 24 heavy (non-hydrogen) atoms. The molecule has 0 spiro atoms. The molecule has 0 aromatic heterocycles. The van der Waals surface area contributed by atoms with Crippen LogP contribution in [0.25, 0.3) is 0 Å². The summed E-state index contributed by atoms with van der Waals surface area (Å²) < 4.78 is 26.7. The zero-order chi connectivity index (χ0) is 16.9. The molecule has 0 saturated carbocycles. The average Bonchev–Trinajstić information content (AvgIpc) is 2.59. The average molecular weight is 374 g/mol. The number of rotatable bonds is 6. The fourth-order valence-corrected chi connectivity index (χ4v) is 3.66. The summed E-state index contributed by atoms with van der Waals surface area (Å²) in [6.45, 7) is 5.42. The van der Waals surface area contributed by atoms with E-state index in [9.17, 15) is 13.2 Å². The molecule has 0 aliphatic carbocycles. The minimum atomic E-state index is -3.63. The summed E-state index contributed by atoms with van der Waals surface area (Å²) in [5.41, 5.74) is 0.382. The minimum Gasteiger partial charge on any atom is -0.339 e. The smallest absolute Gasteiger partial charge is 0.253 e. The topological polar surface area (TPSA) is 78.5 Å². The number of benzene rings is 1. The Morgan fingerprint density at radius 1 is 1.42 bits per heavy atom. The third-order valence-corrected chi connectivity index (χ3v) is 5.41. The molecule has 0 radical (unpaired) electrons. The molecular weight excluding hydrogens is 350 g/mol. The molecule has 0 atom stereocenters. The summed E-state index contributed by atoms with van der Waals surface area (Å²) in [6.07, 6.45) is 3.28. The highest BCUT2D eigenvalue weighted by Gasteiger charge is 2.24. The number of halogens is 1. The second-order valence-electron chi connectivity index (χ2n) is 5.57. The highest BCUT2D eigenvalue weighted by molar-refractivity contribution is 7.89. The first kappa shape index (κ1) is 20.6. The summed E-state index contributed by atoms with van der Waals surface area (Å²) in [7, 11) is -1.86. The highest BCUT2D eigenvalue weighted by atomic mass is 35.5. The fourth-order valence-electron chi connectivity index (χ4n) is 2.61. The third-order valence-electron chi connectivity index (χ3n) is 3.99. The molecule has 0 bridgehead atoms. The van der Waals surface area contributed by atoms with Crippen LogP contribution in [0.2, 0.25) is 0 Å². The van der Waals surface area contributed by atoms with Crippen LogP contribution in [-0.4, -0.2) is 51.9 Å². The van der Waals surface area contributed by atoms with E-state index in [2.05, 4.69) is 16.6 Å². The van der Waals surface area contributed by atoms with Gasteiger partial charge < -0.3 is 10.2 Å². The van der Waals surface area contributed by atoms with Gasteiger partial charge >= 0.3 is 0 Å². The molecule has 1 aromatic carbocycles. The first-order chi connectivity index (χ1) is 11.0. The van der Waals surface area contributed by atoms with Crippen molar-refractivity contribution in [2.24, 2.45) is 0 Å². The van der Waals surface area contributed by atoms with Gasteiger partial charge in [0.15, 0.2) is 0 Å². The molecule has 1 heterocycles. The molecule has 2 N–H and O–H groups in total. The number of nitrogens with one attached hydrogen (secondary N) is 2. The summed E-state index contributed by atoms with van der Waals surface area (Å²) in [5, 5.41) is 3.26. The van der Waals surface area contributed by atoms with Crippen LogP contribution in [0.15, 0.2) is 41.8 Å². The molecule has 1 aliphatic heterocycles. The summed E-state index contributed by atoms with van der Waals surface area (Å²) in [5.74, 6) is -0.155. The van der Waals surface area contributed by atoms with Crippen LogP contribution >= 0.6 is 12.4 Å². The van der Waals surface area contributed by atoms with Crippen molar-refractivity contribution < 1.29 is 13.2 Å². The Labute approximate surface area is 149 Å². The third kappa shape index (κ3) is 5.04. The normalized spacial score (nSPS) is 15.4. The maximum Gasteiger partial charge on any atom is 0.253 e. The Hall–Kier alpha value is -1.41. The van der Waals surface area contributed by atoms with Crippen molar-refractivity contribution in [3.63, 3.8) is 0 Å². The van der Waals surface area contributed by atoms with Crippen molar-refractivity contribution in [3.05, 3.63) is 42.5 Å². The fraction of sp³-hybridized carbons (Fsp3) is 0.438. The lowest BCUT2D eigenvalue weighted by Crippen LogP contribution is -2.44. The molecule has 2 rings (SSSR count). The lowest BCUT2D eigenvalue weighted by Gasteiger charge is -2.31. The lowest BCUT2D eigenvalue weighted by atomic mass is 10.0. The highest BCUT2D eigenvalue weighted by Crippen LogP contribution is 2.16. The molecular formula is C16H24ClN3O3S. The monoisotopic (exact) mass is 373 g/mol. The van der Waals surface area contributed by atoms with E-state index in [0.717, 1.165) is 25.9 Å². The summed E-state index contributed by atoms with van der Waals surface area (Å²) in [4.78, 5) is 14.4. The molecule has 8 heteroatoms. The number of amides is 1. The standard InChI is InChI=1S/C16H23N3O3S.ClH/c1-3-9-18-23(21,22)15-6-4-5-13(12-15)16(20)19(2)14-7-10-17-11-8-14;/h3-6,12,14,17-18H,1,7-11H2,2H3;1H. The van der Waals surface area contributed by atoms with Crippen molar-refractivity contribution in [2.45, 2.75) is 23.8 Å². The maximum absolute atomic E-state index is 12.6. The van der Waals surface area contributed by atoms with Gasteiger partial charge in [0, 0.05) is 25.2 Å². The molecule has 1 fully saturated rings. The van der Waals surface area contributed by atoms with E-state index in [1.54, 1.807) is 24.1 Å². The Bertz CT molecular complexity index is 673. The summed E-state index contributed by atoms with van der Waals surface area (Å²) >= 11 is 0. The first-order valence-electron chi connectivity index (χ1n) is 7.64. The predicted octanol–water partition coefficient (Wildman–Crippen LogP) is 1.40. The van der Waals surface area contributed by atoms with Gasteiger partial charge in [-0.3, -0.25) is 4.79 Å². The van der Waals surface area contributed by atoms with Gasteiger partial charge in [0.1, 0.15) is 0 Å². The van der Waals surface area contributed by atoms with Crippen molar-refractivity contribution in [1.82, 2.24) is 14.9 Å². The maximum atomic E-state index is 12.6. The first-order valence-corrected chi connectivity index (χ1v) is 9.12. The van der Waals surface area contributed by atoms with Gasteiger partial charge in [-0.15, -0.1) is 19.0 Å². The van der Waals surface area contributed by atoms with E-state index < -0.39 is 10.0 Å². The Kier molecular flexibility index (Phi) is 7.89. The quantitative estimate of drug-likeness (QED) is 0.739. The van der Waals surface area contributed by atoms with Crippen LogP contribution in [0.3, 0.4) is 0 Å². The van der Waals surface area contributed by atoms with E-state index in [4.69, 9.17) is 0 Å². The number of sulfonamides is 1. The SMILES string of the molecule is C=CCNS(=O)(=O)c1cccc(C(=O)N(C)C2CCNCC2)c1.Cl. The number of carbonyl (C=O) groups is 1. The molecule has 1 aromatic rings. The van der Waals surface area contributed by atoms with Gasteiger partial charge in [0.05, 0.1) is 4.90 Å². The van der Waals surface area contributed by atoms with E-state index >= 15 is 0 Å². The predicted molar refractivity (Wildman–Crippen MR) is 97.1 cm³/mol. The molecule has 0 unspecified atom stereocenters. The Balaban J connectivity index is 0.00000288. The van der Waals surface area contributed by atoms with Crippen molar-refractivity contribution in [1.29, 1.82) is 0 Å². The zero-order valence-electron chi connectivity index (χ0n) is 13.7. The number of carbonyl (C=O) groups excluding carboxylic acids is 1. The van der Waals surface area contributed by atoms with E-state index in [-0.39, 0.29) is 35.8 Å². The van der Waals surface area contributed by atoms with Gasteiger partial charge in [0.2, 0.25) is 10.0 Å². The minimum absolute atomic E-state index is 0. The van der Waals surface area contributed by atoms with Crippen LogP contribution < -0.4 is 10.0 Å². The number of piperidine rings is 1. The summed E-state index contributed by atoms with van der Waals surface area (Å²) in [6, 6.07) is 6.32. The van der Waals surface area contributed by atoms with Crippen LogP contribution in [0, 0.1) is 0 Å². The molecule has 1 amide bonds. The largest absolute Gasteiger partial charge is 0.339 e. The van der Waals surface area contributed by atoms with Crippen LogP contribution in [0.1, 0.15) is 23.2 Å². The molecule has 6 nitrogen and oxygen atoms in total.